The van der Waals surface area contributed by atoms with Gasteiger partial charge in [-0.2, -0.15) is 18.4 Å². The SMILES string of the molecule is N#C/C(=C/Nc1cccc(C(F)(F)F)c1)C(=O)NC1CCCC1. The number of hydrogen-bond donors (Lipinski definition) is 2. The van der Waals surface area contributed by atoms with E-state index in [0.717, 1.165) is 44.0 Å². The zero-order chi connectivity index (χ0) is 16.9. The normalized spacial score (nSPS) is 16.0. The summed E-state index contributed by atoms with van der Waals surface area (Å²) in [5, 5.41) is 14.4. The van der Waals surface area contributed by atoms with Crippen LogP contribution in [0.25, 0.3) is 0 Å². The van der Waals surface area contributed by atoms with Crippen molar-refractivity contribution >= 4 is 11.6 Å². The molecule has 122 valence electrons. The van der Waals surface area contributed by atoms with Crippen molar-refractivity contribution in [1.82, 2.24) is 5.32 Å². The van der Waals surface area contributed by atoms with E-state index in [-0.39, 0.29) is 17.3 Å². The van der Waals surface area contributed by atoms with Gasteiger partial charge in [0.15, 0.2) is 0 Å². The number of benzene rings is 1. The molecule has 0 bridgehead atoms. The number of nitrogens with zero attached hydrogens (tertiary/aromatic N) is 1. The van der Waals surface area contributed by atoms with Gasteiger partial charge in [0.1, 0.15) is 11.6 Å². The largest absolute Gasteiger partial charge is 0.416 e. The number of amides is 1. The van der Waals surface area contributed by atoms with E-state index in [4.69, 9.17) is 5.26 Å². The minimum atomic E-state index is -4.45. The minimum absolute atomic E-state index is 0.0628. The summed E-state index contributed by atoms with van der Waals surface area (Å²) < 4.78 is 37.9. The highest BCUT2D eigenvalue weighted by atomic mass is 19.4. The second kappa shape index (κ2) is 7.18. The number of halogens is 3. The molecule has 1 aromatic rings. The molecule has 0 unspecified atom stereocenters. The molecule has 0 radical (unpaired) electrons. The molecular weight excluding hydrogens is 307 g/mol. The molecule has 0 aliphatic heterocycles. The lowest BCUT2D eigenvalue weighted by atomic mass is 10.2. The van der Waals surface area contributed by atoms with Gasteiger partial charge in [-0.05, 0) is 31.0 Å². The second-order valence-corrected chi connectivity index (χ2v) is 5.35. The number of carbonyl (C=O) groups excluding carboxylic acids is 1. The smallest absolute Gasteiger partial charge is 0.360 e. The Morgan fingerprint density at radius 2 is 2.00 bits per heavy atom. The Balaban J connectivity index is 2.04. The first-order valence-electron chi connectivity index (χ1n) is 7.25. The molecule has 0 aromatic heterocycles. The van der Waals surface area contributed by atoms with Gasteiger partial charge in [0, 0.05) is 17.9 Å². The van der Waals surface area contributed by atoms with Crippen LogP contribution in [-0.2, 0) is 11.0 Å². The maximum Gasteiger partial charge on any atom is 0.416 e. The molecule has 2 N–H and O–H groups in total. The predicted molar refractivity (Wildman–Crippen MR) is 79.2 cm³/mol. The maximum atomic E-state index is 12.6. The van der Waals surface area contributed by atoms with E-state index in [9.17, 15) is 18.0 Å². The number of carbonyl (C=O) groups is 1. The molecule has 0 heterocycles. The molecule has 4 nitrogen and oxygen atoms in total. The van der Waals surface area contributed by atoms with Crippen molar-refractivity contribution in [2.75, 3.05) is 5.32 Å². The van der Waals surface area contributed by atoms with Crippen LogP contribution in [0.3, 0.4) is 0 Å². The van der Waals surface area contributed by atoms with Crippen LogP contribution in [-0.4, -0.2) is 11.9 Å². The van der Waals surface area contributed by atoms with Crippen molar-refractivity contribution in [2.45, 2.75) is 37.9 Å². The van der Waals surface area contributed by atoms with Crippen LogP contribution in [0.2, 0.25) is 0 Å². The summed E-state index contributed by atoms with van der Waals surface area (Å²) in [7, 11) is 0. The van der Waals surface area contributed by atoms with Gasteiger partial charge in [0.05, 0.1) is 5.56 Å². The topological polar surface area (TPSA) is 64.9 Å². The molecule has 7 heteroatoms. The highest BCUT2D eigenvalue weighted by Crippen LogP contribution is 2.30. The Morgan fingerprint density at radius 3 is 2.61 bits per heavy atom. The lowest BCUT2D eigenvalue weighted by molar-refractivity contribution is -0.137. The zero-order valence-electron chi connectivity index (χ0n) is 12.3. The molecule has 1 aromatic carbocycles. The molecule has 1 amide bonds. The molecule has 1 aliphatic carbocycles. The summed E-state index contributed by atoms with van der Waals surface area (Å²) in [4.78, 5) is 12.0. The van der Waals surface area contributed by atoms with E-state index in [1.54, 1.807) is 6.07 Å². The summed E-state index contributed by atoms with van der Waals surface area (Å²) in [5.74, 6) is -0.515. The van der Waals surface area contributed by atoms with Crippen LogP contribution < -0.4 is 10.6 Å². The number of rotatable bonds is 4. The Kier molecular flexibility index (Phi) is 5.27. The first-order valence-corrected chi connectivity index (χ1v) is 7.25. The van der Waals surface area contributed by atoms with Crippen LogP contribution >= 0.6 is 0 Å². The van der Waals surface area contributed by atoms with Crippen molar-refractivity contribution in [3.05, 3.63) is 41.6 Å². The van der Waals surface area contributed by atoms with E-state index in [2.05, 4.69) is 10.6 Å². The fourth-order valence-corrected chi connectivity index (χ4v) is 2.42. The summed E-state index contributed by atoms with van der Waals surface area (Å²) in [6.45, 7) is 0. The summed E-state index contributed by atoms with van der Waals surface area (Å²) >= 11 is 0. The third-order valence-corrected chi connectivity index (χ3v) is 3.63. The van der Waals surface area contributed by atoms with Crippen LogP contribution in [0.15, 0.2) is 36.0 Å². The first kappa shape index (κ1) is 16.9. The quantitative estimate of drug-likeness (QED) is 0.657. The van der Waals surface area contributed by atoms with Crippen LogP contribution in [0.1, 0.15) is 31.2 Å². The molecule has 23 heavy (non-hydrogen) atoms. The van der Waals surface area contributed by atoms with Gasteiger partial charge in [0.2, 0.25) is 0 Å². The summed E-state index contributed by atoms with van der Waals surface area (Å²) in [5.41, 5.74) is -0.819. The monoisotopic (exact) mass is 323 g/mol. The van der Waals surface area contributed by atoms with Crippen molar-refractivity contribution in [2.24, 2.45) is 0 Å². The number of anilines is 1. The van der Waals surface area contributed by atoms with Crippen molar-refractivity contribution in [3.8, 4) is 6.07 Å². The zero-order valence-corrected chi connectivity index (χ0v) is 12.3. The average Bonchev–Trinajstić information content (AvgIpc) is 3.00. The molecule has 1 aliphatic rings. The standard InChI is InChI=1S/C16H16F3N3O/c17-16(18,19)12-4-3-7-14(8-12)21-10-11(9-20)15(23)22-13-5-1-2-6-13/h3-4,7-8,10,13,21H,1-2,5-6H2,(H,22,23)/b11-10-. The average molecular weight is 323 g/mol. The van der Waals surface area contributed by atoms with Gasteiger partial charge < -0.3 is 10.6 Å². The van der Waals surface area contributed by atoms with Crippen molar-refractivity contribution in [1.29, 1.82) is 5.26 Å². The van der Waals surface area contributed by atoms with Crippen molar-refractivity contribution in [3.63, 3.8) is 0 Å². The van der Waals surface area contributed by atoms with Crippen LogP contribution in [0.5, 0.6) is 0 Å². The van der Waals surface area contributed by atoms with Crippen LogP contribution in [0, 0.1) is 11.3 Å². The molecular formula is C16H16F3N3O. The Morgan fingerprint density at radius 1 is 1.30 bits per heavy atom. The van der Waals surface area contributed by atoms with E-state index in [0.29, 0.717) is 0 Å². The van der Waals surface area contributed by atoms with Gasteiger partial charge in [-0.1, -0.05) is 18.9 Å². The fraction of sp³-hybridized carbons (Fsp3) is 0.375. The molecule has 2 rings (SSSR count). The molecule has 1 saturated carbocycles. The van der Waals surface area contributed by atoms with Gasteiger partial charge in [0.25, 0.3) is 5.91 Å². The Hall–Kier alpha value is -2.49. The second-order valence-electron chi connectivity index (χ2n) is 5.35. The van der Waals surface area contributed by atoms with Crippen LogP contribution in [0.4, 0.5) is 18.9 Å². The predicted octanol–water partition coefficient (Wildman–Crippen LogP) is 3.58. The van der Waals surface area contributed by atoms with E-state index < -0.39 is 17.6 Å². The molecule has 0 saturated heterocycles. The fourth-order valence-electron chi connectivity index (χ4n) is 2.42. The summed E-state index contributed by atoms with van der Waals surface area (Å²) in [6, 6.07) is 6.37. The lowest BCUT2D eigenvalue weighted by Crippen LogP contribution is -2.33. The van der Waals surface area contributed by atoms with E-state index in [1.165, 1.54) is 12.1 Å². The Bertz CT molecular complexity index is 641. The number of nitriles is 1. The molecule has 1 fully saturated rings. The van der Waals surface area contributed by atoms with Crippen molar-refractivity contribution < 1.29 is 18.0 Å². The number of hydrogen-bond acceptors (Lipinski definition) is 3. The van der Waals surface area contributed by atoms with Gasteiger partial charge in [-0.15, -0.1) is 0 Å². The van der Waals surface area contributed by atoms with Gasteiger partial charge in [-0.3, -0.25) is 4.79 Å². The maximum absolute atomic E-state index is 12.6. The van der Waals surface area contributed by atoms with E-state index in [1.807, 2.05) is 0 Å². The van der Waals surface area contributed by atoms with Gasteiger partial charge in [-0.25, -0.2) is 0 Å². The lowest BCUT2D eigenvalue weighted by Gasteiger charge is -2.11. The Labute approximate surface area is 132 Å². The molecule has 0 atom stereocenters. The minimum Gasteiger partial charge on any atom is -0.360 e. The van der Waals surface area contributed by atoms with E-state index >= 15 is 0 Å². The molecule has 0 spiro atoms. The third-order valence-electron chi connectivity index (χ3n) is 3.63. The number of nitrogens with one attached hydrogen (secondary N) is 2. The highest BCUT2D eigenvalue weighted by molar-refractivity contribution is 5.97. The third kappa shape index (κ3) is 4.74. The van der Waals surface area contributed by atoms with Gasteiger partial charge >= 0.3 is 6.18 Å². The first-order chi connectivity index (χ1) is 10.9. The number of alkyl halides is 3. The summed E-state index contributed by atoms with van der Waals surface area (Å²) in [6.07, 6.45) is 0.522. The highest BCUT2D eigenvalue weighted by Gasteiger charge is 2.30.